The van der Waals surface area contributed by atoms with Gasteiger partial charge < -0.3 is 14.7 Å². The van der Waals surface area contributed by atoms with Gasteiger partial charge in [0.1, 0.15) is 12.1 Å². The number of aliphatic hydroxyl groups is 1. The van der Waals surface area contributed by atoms with Crippen molar-refractivity contribution >= 4 is 17.7 Å². The Hall–Kier alpha value is -2.08. The van der Waals surface area contributed by atoms with Crippen molar-refractivity contribution in [3.63, 3.8) is 0 Å². The lowest BCUT2D eigenvalue weighted by atomic mass is 10.0. The Bertz CT molecular complexity index is 651. The van der Waals surface area contributed by atoms with E-state index in [0.29, 0.717) is 13.0 Å². The van der Waals surface area contributed by atoms with Gasteiger partial charge in [0, 0.05) is 18.8 Å². The number of benzene rings is 1. The Morgan fingerprint density at radius 1 is 1.32 bits per heavy atom. The Morgan fingerprint density at radius 2 is 2.00 bits per heavy atom. The van der Waals surface area contributed by atoms with E-state index in [2.05, 4.69) is 0 Å². The lowest BCUT2D eigenvalue weighted by molar-refractivity contribution is -0.122. The van der Waals surface area contributed by atoms with Crippen LogP contribution >= 0.6 is 0 Å². The molecule has 1 saturated heterocycles. The van der Waals surface area contributed by atoms with Gasteiger partial charge in [-0.3, -0.25) is 9.69 Å². The fraction of sp³-hybridized carbons (Fsp3) is 0.579. The molecule has 1 aromatic carbocycles. The maximum atomic E-state index is 12.7. The highest BCUT2D eigenvalue weighted by molar-refractivity contribution is 5.98. The second-order valence-corrected chi connectivity index (χ2v) is 7.50. The highest BCUT2D eigenvalue weighted by atomic mass is 16.6. The Kier molecular flexibility index (Phi) is 5.72. The van der Waals surface area contributed by atoms with E-state index in [1.807, 2.05) is 32.0 Å². The van der Waals surface area contributed by atoms with E-state index >= 15 is 0 Å². The normalized spacial score (nSPS) is 18.5. The van der Waals surface area contributed by atoms with Crippen molar-refractivity contribution in [2.45, 2.75) is 52.7 Å². The van der Waals surface area contributed by atoms with Crippen molar-refractivity contribution in [3.8, 4) is 0 Å². The zero-order valence-corrected chi connectivity index (χ0v) is 15.7. The first-order valence-corrected chi connectivity index (χ1v) is 8.61. The molecular weight excluding hydrogens is 320 g/mol. The molecule has 0 bridgehead atoms. The van der Waals surface area contributed by atoms with Crippen molar-refractivity contribution in [1.29, 1.82) is 0 Å². The number of aliphatic hydroxyl groups excluding tert-OH is 1. The van der Waals surface area contributed by atoms with Crippen LogP contribution in [0.4, 0.5) is 10.5 Å². The number of aryl methyl sites for hydroxylation is 1. The summed E-state index contributed by atoms with van der Waals surface area (Å²) < 4.78 is 5.42. The van der Waals surface area contributed by atoms with E-state index in [-0.39, 0.29) is 25.1 Å². The van der Waals surface area contributed by atoms with Gasteiger partial charge in [0.25, 0.3) is 0 Å². The average molecular weight is 348 g/mol. The summed E-state index contributed by atoms with van der Waals surface area (Å²) in [6, 6.07) is 5.56. The first-order valence-electron chi connectivity index (χ1n) is 8.61. The van der Waals surface area contributed by atoms with E-state index in [9.17, 15) is 14.7 Å². The average Bonchev–Trinajstić information content (AvgIpc) is 2.50. The molecule has 1 fully saturated rings. The first kappa shape index (κ1) is 19.2. The predicted molar refractivity (Wildman–Crippen MR) is 96.7 cm³/mol. The van der Waals surface area contributed by atoms with Crippen molar-refractivity contribution in [1.82, 2.24) is 4.90 Å². The quantitative estimate of drug-likeness (QED) is 0.912. The fourth-order valence-corrected chi connectivity index (χ4v) is 2.96. The first-order chi connectivity index (χ1) is 11.6. The molecule has 0 spiro atoms. The number of anilines is 1. The molecule has 138 valence electrons. The van der Waals surface area contributed by atoms with Gasteiger partial charge >= 0.3 is 6.09 Å². The number of ether oxygens (including phenoxy) is 1. The highest BCUT2D eigenvalue weighted by Crippen LogP contribution is 2.27. The smallest absolute Gasteiger partial charge is 0.411 e. The second-order valence-electron chi connectivity index (χ2n) is 7.50. The van der Waals surface area contributed by atoms with Crippen LogP contribution in [0.25, 0.3) is 0 Å². The van der Waals surface area contributed by atoms with Gasteiger partial charge in [0.2, 0.25) is 5.91 Å². The molecule has 1 unspecified atom stereocenters. The summed E-state index contributed by atoms with van der Waals surface area (Å²) >= 11 is 0. The number of nitrogens with zero attached hydrogens (tertiary/aromatic N) is 2. The lowest BCUT2D eigenvalue weighted by Gasteiger charge is -2.41. The molecule has 0 aromatic heterocycles. The van der Waals surface area contributed by atoms with Gasteiger partial charge in [-0.25, -0.2) is 4.79 Å². The summed E-state index contributed by atoms with van der Waals surface area (Å²) in [4.78, 5) is 28.3. The molecule has 1 N–H and O–H groups in total. The van der Waals surface area contributed by atoms with Crippen LogP contribution in [0, 0.1) is 13.8 Å². The molecule has 0 radical (unpaired) electrons. The minimum atomic E-state index is -0.631. The lowest BCUT2D eigenvalue weighted by Crippen LogP contribution is -2.59. The number of carbonyl (C=O) groups excluding carboxylic acids is 2. The summed E-state index contributed by atoms with van der Waals surface area (Å²) in [5.41, 5.74) is 2.38. The zero-order valence-electron chi connectivity index (χ0n) is 15.7. The third-order valence-corrected chi connectivity index (χ3v) is 4.40. The van der Waals surface area contributed by atoms with Crippen LogP contribution < -0.4 is 4.90 Å². The molecular formula is C19H28N2O4. The van der Waals surface area contributed by atoms with Crippen LogP contribution in [0.15, 0.2) is 18.2 Å². The summed E-state index contributed by atoms with van der Waals surface area (Å²) in [5, 5.41) is 9.39. The van der Waals surface area contributed by atoms with Crippen molar-refractivity contribution < 1.29 is 19.4 Å². The zero-order chi connectivity index (χ0) is 18.8. The third-order valence-electron chi connectivity index (χ3n) is 4.40. The minimum absolute atomic E-state index is 0.0486. The highest BCUT2D eigenvalue weighted by Gasteiger charge is 2.37. The Labute approximate surface area is 149 Å². The van der Waals surface area contributed by atoms with Gasteiger partial charge in [0.05, 0.1) is 6.04 Å². The number of amides is 2. The molecule has 1 heterocycles. The molecule has 0 saturated carbocycles. The van der Waals surface area contributed by atoms with Crippen molar-refractivity contribution in [2.75, 3.05) is 24.6 Å². The molecule has 25 heavy (non-hydrogen) atoms. The van der Waals surface area contributed by atoms with Crippen LogP contribution in [-0.2, 0) is 9.53 Å². The van der Waals surface area contributed by atoms with E-state index in [1.54, 1.807) is 25.7 Å². The van der Waals surface area contributed by atoms with Gasteiger partial charge in [-0.2, -0.15) is 0 Å². The maximum Gasteiger partial charge on any atom is 0.411 e. The predicted octanol–water partition coefficient (Wildman–Crippen LogP) is 2.64. The minimum Gasteiger partial charge on any atom is -0.444 e. The van der Waals surface area contributed by atoms with E-state index in [1.165, 1.54) is 4.90 Å². The van der Waals surface area contributed by atoms with E-state index in [0.717, 1.165) is 16.8 Å². The SMILES string of the molecule is Cc1cccc(N2CC(CCO)N(C(=O)OC(C)(C)C)CC2=O)c1C. The summed E-state index contributed by atoms with van der Waals surface area (Å²) in [6.45, 7) is 9.61. The summed E-state index contributed by atoms with van der Waals surface area (Å²) in [5.74, 6) is -0.145. The molecule has 2 amide bonds. The van der Waals surface area contributed by atoms with Gasteiger partial charge in [-0.1, -0.05) is 12.1 Å². The van der Waals surface area contributed by atoms with Gasteiger partial charge in [0.15, 0.2) is 0 Å². The van der Waals surface area contributed by atoms with Crippen LogP contribution in [0.1, 0.15) is 38.3 Å². The van der Waals surface area contributed by atoms with Crippen molar-refractivity contribution in [2.24, 2.45) is 0 Å². The molecule has 1 aliphatic rings. The number of piperazine rings is 1. The molecule has 6 heteroatoms. The van der Waals surface area contributed by atoms with Gasteiger partial charge in [-0.15, -0.1) is 0 Å². The fourth-order valence-electron chi connectivity index (χ4n) is 2.96. The number of rotatable bonds is 3. The summed E-state index contributed by atoms with van der Waals surface area (Å²) in [7, 11) is 0. The largest absolute Gasteiger partial charge is 0.444 e. The Morgan fingerprint density at radius 3 is 2.60 bits per heavy atom. The molecule has 1 atom stereocenters. The van der Waals surface area contributed by atoms with E-state index in [4.69, 9.17) is 4.74 Å². The maximum absolute atomic E-state index is 12.7. The van der Waals surface area contributed by atoms with Crippen molar-refractivity contribution in [3.05, 3.63) is 29.3 Å². The number of hydrogen-bond donors (Lipinski definition) is 1. The van der Waals surface area contributed by atoms with E-state index < -0.39 is 11.7 Å². The molecule has 1 aliphatic heterocycles. The molecule has 1 aromatic rings. The van der Waals surface area contributed by atoms with Crippen LogP contribution in [0.5, 0.6) is 0 Å². The monoisotopic (exact) mass is 348 g/mol. The molecule has 6 nitrogen and oxygen atoms in total. The van der Waals surface area contributed by atoms with Gasteiger partial charge in [-0.05, 0) is 58.2 Å². The van der Waals surface area contributed by atoms with Crippen LogP contribution in [0.3, 0.4) is 0 Å². The van der Waals surface area contributed by atoms with Crippen LogP contribution in [-0.4, -0.2) is 53.3 Å². The standard InChI is InChI=1S/C19H28N2O4/c1-13-7-6-8-16(14(13)2)21-11-15(9-10-22)20(12-17(21)23)18(24)25-19(3,4)5/h6-8,15,22H,9-12H2,1-5H3. The third kappa shape index (κ3) is 4.51. The second kappa shape index (κ2) is 7.44. The molecule has 2 rings (SSSR count). The number of hydrogen-bond acceptors (Lipinski definition) is 4. The molecule has 0 aliphatic carbocycles. The Balaban J connectivity index is 2.26. The topological polar surface area (TPSA) is 70.1 Å². The summed E-state index contributed by atoms with van der Waals surface area (Å²) in [6.07, 6.45) is -0.117. The van der Waals surface area contributed by atoms with Crippen LogP contribution in [0.2, 0.25) is 0 Å². The number of carbonyl (C=O) groups is 2.